The average Bonchev–Trinajstić information content (AvgIpc) is 2.74. The number of hydrogen-bond donors (Lipinski definition) is 1. The number of aromatic nitrogens is 1. The molecule has 0 fully saturated rings. The van der Waals surface area contributed by atoms with Crippen LogP contribution in [0, 0.1) is 6.92 Å². The van der Waals surface area contributed by atoms with E-state index in [4.69, 9.17) is 5.73 Å². The van der Waals surface area contributed by atoms with Crippen LogP contribution in [0.2, 0.25) is 0 Å². The Hall–Kier alpha value is -1.20. The maximum atomic E-state index is 12.1. The summed E-state index contributed by atoms with van der Waals surface area (Å²) >= 11 is 1.52. The van der Waals surface area contributed by atoms with E-state index in [1.54, 1.807) is 17.8 Å². The molecule has 2 aromatic rings. The summed E-state index contributed by atoms with van der Waals surface area (Å²) in [4.78, 5) is 5.81. The molecule has 0 radical (unpaired) electrons. The Labute approximate surface area is 101 Å². The van der Waals surface area contributed by atoms with Crippen LogP contribution in [-0.4, -0.2) is 9.19 Å². The van der Waals surface area contributed by atoms with E-state index in [-0.39, 0.29) is 0 Å². The van der Waals surface area contributed by atoms with Crippen LogP contribution in [0.1, 0.15) is 10.4 Å². The first-order chi connectivity index (χ1) is 7.66. The van der Waals surface area contributed by atoms with Gasteiger partial charge in [0, 0.05) is 21.7 Å². The molecule has 5 heteroatoms. The number of benzene rings is 1. The molecule has 0 saturated carbocycles. The van der Waals surface area contributed by atoms with Gasteiger partial charge in [0.05, 0.1) is 22.1 Å². The van der Waals surface area contributed by atoms with E-state index in [1.807, 2.05) is 19.1 Å². The first kappa shape index (κ1) is 11.3. The Bertz CT molecular complexity index is 509. The van der Waals surface area contributed by atoms with Gasteiger partial charge in [0.1, 0.15) is 0 Å². The van der Waals surface area contributed by atoms with Crippen LogP contribution in [0.4, 0.5) is 5.69 Å². The summed E-state index contributed by atoms with van der Waals surface area (Å²) in [7, 11) is -1.04. The van der Waals surface area contributed by atoms with Crippen molar-refractivity contribution in [3.63, 3.8) is 0 Å². The summed E-state index contributed by atoms with van der Waals surface area (Å²) in [6.45, 7) is 1.94. The van der Waals surface area contributed by atoms with Crippen LogP contribution < -0.4 is 5.73 Å². The molecule has 0 aliphatic rings. The Morgan fingerprint density at radius 2 is 2.31 bits per heavy atom. The minimum atomic E-state index is -1.04. The lowest BCUT2D eigenvalue weighted by Gasteiger charge is -2.05. The highest BCUT2D eigenvalue weighted by Gasteiger charge is 2.09. The highest BCUT2D eigenvalue weighted by molar-refractivity contribution is 7.84. The highest BCUT2D eigenvalue weighted by atomic mass is 32.2. The van der Waals surface area contributed by atoms with E-state index in [1.165, 1.54) is 11.3 Å². The first-order valence-corrected chi connectivity index (χ1v) is 6.98. The zero-order valence-corrected chi connectivity index (χ0v) is 10.5. The van der Waals surface area contributed by atoms with Gasteiger partial charge in [0.25, 0.3) is 0 Å². The molecule has 2 rings (SSSR count). The van der Waals surface area contributed by atoms with Crippen molar-refractivity contribution in [3.05, 3.63) is 40.3 Å². The van der Waals surface area contributed by atoms with Crippen LogP contribution >= 0.6 is 11.3 Å². The number of nitrogen functional groups attached to an aromatic ring is 1. The predicted octanol–water partition coefficient (Wildman–Crippen LogP) is 2.34. The quantitative estimate of drug-likeness (QED) is 0.853. The van der Waals surface area contributed by atoms with Crippen molar-refractivity contribution in [1.29, 1.82) is 0 Å². The number of rotatable bonds is 3. The van der Waals surface area contributed by atoms with Gasteiger partial charge in [0.2, 0.25) is 0 Å². The van der Waals surface area contributed by atoms with Crippen LogP contribution in [0.15, 0.2) is 34.8 Å². The SMILES string of the molecule is Cc1ccc(N)cc1S(=O)Cc1cncs1. The lowest BCUT2D eigenvalue weighted by molar-refractivity contribution is 0.682. The molecule has 0 bridgehead atoms. The first-order valence-electron chi connectivity index (χ1n) is 4.78. The minimum absolute atomic E-state index is 0.509. The smallest absolute Gasteiger partial charge is 0.0794 e. The molecule has 84 valence electrons. The van der Waals surface area contributed by atoms with Crippen molar-refractivity contribution in [2.24, 2.45) is 0 Å². The molecular formula is C11H12N2OS2. The topological polar surface area (TPSA) is 56.0 Å². The number of aryl methyl sites for hydroxylation is 1. The monoisotopic (exact) mass is 252 g/mol. The third-order valence-electron chi connectivity index (χ3n) is 2.21. The zero-order valence-electron chi connectivity index (χ0n) is 8.84. The molecule has 2 N–H and O–H groups in total. The molecule has 1 aromatic heterocycles. The fourth-order valence-corrected chi connectivity index (χ4v) is 3.54. The van der Waals surface area contributed by atoms with E-state index in [0.717, 1.165) is 15.3 Å². The average molecular weight is 252 g/mol. The Morgan fingerprint density at radius 1 is 1.50 bits per heavy atom. The van der Waals surface area contributed by atoms with Gasteiger partial charge in [-0.25, -0.2) is 0 Å². The lowest BCUT2D eigenvalue weighted by Crippen LogP contribution is -1.99. The molecule has 0 saturated heterocycles. The van der Waals surface area contributed by atoms with Crippen LogP contribution in [-0.2, 0) is 16.6 Å². The molecule has 0 amide bonds. The largest absolute Gasteiger partial charge is 0.399 e. The second kappa shape index (κ2) is 4.76. The minimum Gasteiger partial charge on any atom is -0.399 e. The molecule has 1 atom stereocenters. The maximum Gasteiger partial charge on any atom is 0.0794 e. The van der Waals surface area contributed by atoms with Crippen LogP contribution in [0.5, 0.6) is 0 Å². The zero-order chi connectivity index (χ0) is 11.5. The van der Waals surface area contributed by atoms with Crippen molar-refractivity contribution >= 4 is 27.8 Å². The standard InChI is InChI=1S/C11H12N2OS2/c1-8-2-3-9(12)4-11(8)16(14)6-10-5-13-7-15-10/h2-5,7H,6,12H2,1H3. The molecule has 16 heavy (non-hydrogen) atoms. The van der Waals surface area contributed by atoms with E-state index in [9.17, 15) is 4.21 Å². The van der Waals surface area contributed by atoms with Gasteiger partial charge < -0.3 is 5.73 Å². The van der Waals surface area contributed by atoms with Gasteiger partial charge in [-0.1, -0.05) is 6.07 Å². The van der Waals surface area contributed by atoms with Crippen molar-refractivity contribution in [1.82, 2.24) is 4.98 Å². The van der Waals surface area contributed by atoms with Gasteiger partial charge in [-0.2, -0.15) is 0 Å². The van der Waals surface area contributed by atoms with Gasteiger partial charge in [-0.15, -0.1) is 11.3 Å². The van der Waals surface area contributed by atoms with Gasteiger partial charge >= 0.3 is 0 Å². The van der Waals surface area contributed by atoms with Gasteiger partial charge in [-0.3, -0.25) is 9.19 Å². The predicted molar refractivity (Wildman–Crippen MR) is 67.8 cm³/mol. The molecule has 1 unspecified atom stereocenters. The second-order valence-electron chi connectivity index (χ2n) is 3.48. The molecular weight excluding hydrogens is 240 g/mol. The molecule has 0 aliphatic heterocycles. The Kier molecular flexibility index (Phi) is 3.36. The van der Waals surface area contributed by atoms with E-state index < -0.39 is 10.8 Å². The summed E-state index contributed by atoms with van der Waals surface area (Å²) < 4.78 is 12.1. The Morgan fingerprint density at radius 3 is 3.00 bits per heavy atom. The molecule has 1 heterocycles. The Balaban J connectivity index is 2.24. The third-order valence-corrected chi connectivity index (χ3v) is 4.68. The van der Waals surface area contributed by atoms with Crippen LogP contribution in [0.25, 0.3) is 0 Å². The van der Waals surface area contributed by atoms with E-state index in [0.29, 0.717) is 11.4 Å². The summed E-state index contributed by atoms with van der Waals surface area (Å²) in [5.74, 6) is 0.509. The fourth-order valence-electron chi connectivity index (χ4n) is 1.38. The number of hydrogen-bond acceptors (Lipinski definition) is 4. The molecule has 1 aromatic carbocycles. The number of anilines is 1. The maximum absolute atomic E-state index is 12.1. The van der Waals surface area contributed by atoms with E-state index in [2.05, 4.69) is 4.98 Å². The number of thiazole rings is 1. The lowest BCUT2D eigenvalue weighted by atomic mass is 10.2. The molecule has 0 spiro atoms. The van der Waals surface area contributed by atoms with Crippen molar-refractivity contribution in [2.75, 3.05) is 5.73 Å². The van der Waals surface area contributed by atoms with Gasteiger partial charge in [0.15, 0.2) is 0 Å². The van der Waals surface area contributed by atoms with Crippen molar-refractivity contribution < 1.29 is 4.21 Å². The molecule has 0 aliphatic carbocycles. The summed E-state index contributed by atoms with van der Waals surface area (Å²) in [5, 5.41) is 0. The third kappa shape index (κ3) is 2.48. The molecule has 3 nitrogen and oxygen atoms in total. The fraction of sp³-hybridized carbons (Fsp3) is 0.182. The summed E-state index contributed by atoms with van der Waals surface area (Å²) in [6.07, 6.45) is 1.75. The number of nitrogens with two attached hydrogens (primary N) is 1. The second-order valence-corrected chi connectivity index (χ2v) is 5.87. The summed E-state index contributed by atoms with van der Waals surface area (Å²) in [5.41, 5.74) is 9.11. The van der Waals surface area contributed by atoms with Crippen LogP contribution in [0.3, 0.4) is 0 Å². The van der Waals surface area contributed by atoms with E-state index >= 15 is 0 Å². The number of nitrogens with zero attached hydrogens (tertiary/aromatic N) is 1. The normalized spacial score (nSPS) is 12.6. The highest BCUT2D eigenvalue weighted by Crippen LogP contribution is 2.20. The summed E-state index contributed by atoms with van der Waals surface area (Å²) in [6, 6.07) is 5.50. The van der Waals surface area contributed by atoms with Gasteiger partial charge in [-0.05, 0) is 24.6 Å². The van der Waals surface area contributed by atoms with Crippen molar-refractivity contribution in [2.45, 2.75) is 17.6 Å². The van der Waals surface area contributed by atoms with Crippen molar-refractivity contribution in [3.8, 4) is 0 Å².